The molecule has 2 bridgehead atoms. The Hall–Kier alpha value is -0.890. The second-order valence-electron chi connectivity index (χ2n) is 4.88. The van der Waals surface area contributed by atoms with Gasteiger partial charge in [-0.25, -0.2) is 0 Å². The third-order valence-corrected chi connectivity index (χ3v) is 4.38. The third-order valence-electron chi connectivity index (χ3n) is 4.38. The van der Waals surface area contributed by atoms with Crippen LogP contribution in [0, 0.1) is 23.7 Å². The molecule has 1 saturated carbocycles. The summed E-state index contributed by atoms with van der Waals surface area (Å²) in [4.78, 5) is 12.1. The topological polar surface area (TPSA) is 29.6 Å². The van der Waals surface area contributed by atoms with Crippen LogP contribution in [0.5, 0.6) is 0 Å². The van der Waals surface area contributed by atoms with Crippen LogP contribution < -0.4 is 0 Å². The first-order chi connectivity index (χ1) is 6.83. The van der Waals surface area contributed by atoms with E-state index in [1.54, 1.807) is 0 Å². The van der Waals surface area contributed by atoms with E-state index in [9.17, 15) is 4.79 Å². The van der Waals surface area contributed by atoms with Crippen molar-refractivity contribution in [1.29, 1.82) is 0 Å². The third kappa shape index (κ3) is 0.611. The average Bonchev–Trinajstić information content (AvgIpc) is 2.81. The molecule has 0 unspecified atom stereocenters. The van der Waals surface area contributed by atoms with E-state index in [4.69, 9.17) is 4.74 Å². The van der Waals surface area contributed by atoms with Crippen molar-refractivity contribution in [2.75, 3.05) is 6.61 Å². The minimum absolute atomic E-state index is 0.117. The maximum absolute atomic E-state index is 12.1. The van der Waals surface area contributed by atoms with Crippen molar-refractivity contribution >= 4 is 5.78 Å². The molecule has 4 aliphatic carbocycles. The highest BCUT2D eigenvalue weighted by atomic mass is 16.6. The Morgan fingerprint density at radius 2 is 2.21 bits per heavy atom. The zero-order valence-electron chi connectivity index (χ0n) is 7.85. The van der Waals surface area contributed by atoms with E-state index in [-0.39, 0.29) is 11.5 Å². The Morgan fingerprint density at radius 1 is 1.36 bits per heavy atom. The molecule has 1 saturated heterocycles. The summed E-state index contributed by atoms with van der Waals surface area (Å²) in [6.07, 6.45) is 9.94. The maximum Gasteiger partial charge on any atom is 0.175 e. The lowest BCUT2D eigenvalue weighted by molar-refractivity contribution is -0.135. The van der Waals surface area contributed by atoms with Gasteiger partial charge in [0.15, 0.2) is 11.4 Å². The second kappa shape index (κ2) is 2.03. The smallest absolute Gasteiger partial charge is 0.175 e. The molecule has 5 aliphatic rings. The highest BCUT2D eigenvalue weighted by molar-refractivity contribution is 5.96. The van der Waals surface area contributed by atoms with Crippen molar-refractivity contribution in [2.45, 2.75) is 12.0 Å². The quantitative estimate of drug-likeness (QED) is 0.424. The molecule has 0 N–H and O–H groups in total. The molecule has 0 aromatic rings. The number of ketones is 1. The first-order valence-corrected chi connectivity index (χ1v) is 5.36. The lowest BCUT2D eigenvalue weighted by Crippen LogP contribution is -2.52. The summed E-state index contributed by atoms with van der Waals surface area (Å²) in [7, 11) is 0. The molecule has 2 fully saturated rings. The summed E-state index contributed by atoms with van der Waals surface area (Å²) in [5.41, 5.74) is -0.368. The summed E-state index contributed by atoms with van der Waals surface area (Å²) >= 11 is 0. The Labute approximate surface area is 82.6 Å². The fraction of sp³-hybridized carbons (Fsp3) is 0.583. The van der Waals surface area contributed by atoms with Gasteiger partial charge in [0.25, 0.3) is 0 Å². The van der Waals surface area contributed by atoms with E-state index < -0.39 is 0 Å². The summed E-state index contributed by atoms with van der Waals surface area (Å²) in [6, 6.07) is 0. The van der Waals surface area contributed by atoms with Crippen LogP contribution in [0.3, 0.4) is 0 Å². The number of allylic oxidation sites excluding steroid dienone is 3. The van der Waals surface area contributed by atoms with Gasteiger partial charge in [0.1, 0.15) is 0 Å². The van der Waals surface area contributed by atoms with Crippen LogP contribution in [-0.4, -0.2) is 18.0 Å². The van der Waals surface area contributed by atoms with Crippen LogP contribution in [0.25, 0.3) is 0 Å². The predicted molar refractivity (Wildman–Crippen MR) is 50.5 cm³/mol. The molecule has 0 radical (unpaired) electrons. The van der Waals surface area contributed by atoms with Gasteiger partial charge in [-0.2, -0.15) is 0 Å². The number of ether oxygens (including phenoxy) is 1. The van der Waals surface area contributed by atoms with Crippen molar-refractivity contribution in [3.63, 3.8) is 0 Å². The van der Waals surface area contributed by atoms with Gasteiger partial charge in [-0.15, -0.1) is 0 Å². The van der Waals surface area contributed by atoms with Gasteiger partial charge in [0.05, 0.1) is 6.61 Å². The Bertz CT molecular complexity index is 376. The van der Waals surface area contributed by atoms with Crippen LogP contribution in [-0.2, 0) is 9.53 Å². The lowest BCUT2D eigenvalue weighted by atomic mass is 9.58. The van der Waals surface area contributed by atoms with Gasteiger partial charge in [-0.05, 0) is 18.3 Å². The second-order valence-corrected chi connectivity index (χ2v) is 4.88. The lowest BCUT2D eigenvalue weighted by Gasteiger charge is -2.44. The van der Waals surface area contributed by atoms with Gasteiger partial charge in [-0.1, -0.05) is 24.3 Å². The van der Waals surface area contributed by atoms with Crippen molar-refractivity contribution in [2.24, 2.45) is 23.7 Å². The predicted octanol–water partition coefficient (Wildman–Crippen LogP) is 1.33. The molecular weight excluding hydrogens is 176 g/mol. The highest BCUT2D eigenvalue weighted by Crippen LogP contribution is 2.57. The first kappa shape index (κ1) is 7.41. The van der Waals surface area contributed by atoms with Gasteiger partial charge >= 0.3 is 0 Å². The van der Waals surface area contributed by atoms with E-state index in [2.05, 4.69) is 24.3 Å². The standard InChI is InChI=1S/C12H12O2/c13-11-9-4-5-10(12(11)6-14-12)8-3-1-2-7(8)9/h1-2,4-5,7-10H,3,6H2/t7-,8+,9-,10+,12+/m0/s1. The minimum atomic E-state index is -0.368. The molecule has 14 heavy (non-hydrogen) atoms. The highest BCUT2D eigenvalue weighted by Gasteiger charge is 2.67. The Morgan fingerprint density at radius 3 is 3.00 bits per heavy atom. The van der Waals surface area contributed by atoms with E-state index in [0.717, 1.165) is 6.42 Å². The molecule has 1 aliphatic heterocycles. The van der Waals surface area contributed by atoms with Gasteiger partial charge in [-0.3, -0.25) is 4.79 Å². The maximum atomic E-state index is 12.1. The fourth-order valence-corrected chi connectivity index (χ4v) is 3.60. The van der Waals surface area contributed by atoms with Crippen LogP contribution in [0.4, 0.5) is 0 Å². The van der Waals surface area contributed by atoms with Gasteiger partial charge in [0.2, 0.25) is 0 Å². The molecule has 2 nitrogen and oxygen atoms in total. The number of epoxide rings is 1. The average molecular weight is 188 g/mol. The normalized spacial score (nSPS) is 57.0. The molecule has 5 rings (SSSR count). The zero-order valence-corrected chi connectivity index (χ0v) is 7.85. The van der Waals surface area contributed by atoms with Crippen molar-refractivity contribution in [3.8, 4) is 0 Å². The zero-order chi connectivity index (χ0) is 9.34. The minimum Gasteiger partial charge on any atom is -0.361 e. The molecule has 1 heterocycles. The molecule has 5 atom stereocenters. The largest absolute Gasteiger partial charge is 0.361 e. The van der Waals surface area contributed by atoms with E-state index in [1.165, 1.54) is 0 Å². The Balaban J connectivity index is 1.88. The fourth-order valence-electron chi connectivity index (χ4n) is 3.60. The van der Waals surface area contributed by atoms with Crippen molar-refractivity contribution in [1.82, 2.24) is 0 Å². The van der Waals surface area contributed by atoms with E-state index in [0.29, 0.717) is 30.1 Å². The van der Waals surface area contributed by atoms with Crippen LogP contribution in [0.2, 0.25) is 0 Å². The molecule has 1 spiro atoms. The van der Waals surface area contributed by atoms with Crippen LogP contribution in [0.1, 0.15) is 6.42 Å². The van der Waals surface area contributed by atoms with Crippen LogP contribution in [0.15, 0.2) is 24.3 Å². The van der Waals surface area contributed by atoms with E-state index >= 15 is 0 Å². The summed E-state index contributed by atoms with van der Waals surface area (Å²) in [5.74, 6) is 1.95. The number of hydrogen-bond acceptors (Lipinski definition) is 2. The number of carbonyl (C=O) groups is 1. The molecule has 0 amide bonds. The number of rotatable bonds is 0. The number of Topliss-reactive ketones (excluding diaryl/α,β-unsaturated/α-hetero) is 1. The number of hydrogen-bond donors (Lipinski definition) is 0. The molecule has 72 valence electrons. The number of carbonyl (C=O) groups excluding carboxylic acids is 1. The summed E-state index contributed by atoms with van der Waals surface area (Å²) in [5, 5.41) is 0. The Kier molecular flexibility index (Phi) is 1.08. The van der Waals surface area contributed by atoms with Crippen LogP contribution >= 0.6 is 0 Å². The van der Waals surface area contributed by atoms with Gasteiger partial charge < -0.3 is 4.74 Å². The monoisotopic (exact) mass is 188 g/mol. The van der Waals surface area contributed by atoms with E-state index in [1.807, 2.05) is 0 Å². The molecule has 2 heteroatoms. The van der Waals surface area contributed by atoms with Crippen molar-refractivity contribution < 1.29 is 9.53 Å². The molecule has 0 aromatic heterocycles. The summed E-state index contributed by atoms with van der Waals surface area (Å²) < 4.78 is 5.46. The van der Waals surface area contributed by atoms with Gasteiger partial charge in [0, 0.05) is 11.8 Å². The summed E-state index contributed by atoms with van der Waals surface area (Å²) in [6.45, 7) is 0.667. The SMILES string of the molecule is O=C1[C@H]2C=C[C@H]([C@@H]3CC=C[C@@H]32)[C@]12CO2. The molecule has 0 aromatic carbocycles. The first-order valence-electron chi connectivity index (χ1n) is 5.36. The molecular formula is C12H12O2. The van der Waals surface area contributed by atoms with Crippen molar-refractivity contribution in [3.05, 3.63) is 24.3 Å².